The SMILES string of the molecule is C=CC(=O)N(Cc1ccc(C#N)c(C)c1)c1ccc2c(c1)C(=O)NCC2. The lowest BCUT2D eigenvalue weighted by Gasteiger charge is -2.24. The fourth-order valence-electron chi connectivity index (χ4n) is 3.11. The van der Waals surface area contributed by atoms with Crippen LogP contribution in [-0.2, 0) is 17.8 Å². The molecule has 0 saturated carbocycles. The second kappa shape index (κ2) is 7.24. The lowest BCUT2D eigenvalue weighted by atomic mass is 9.99. The maximum Gasteiger partial charge on any atom is 0.251 e. The van der Waals surface area contributed by atoms with E-state index < -0.39 is 0 Å². The highest BCUT2D eigenvalue weighted by atomic mass is 16.2. The van der Waals surface area contributed by atoms with Crippen LogP contribution in [0.3, 0.4) is 0 Å². The number of fused-ring (bicyclic) bond motifs is 1. The molecule has 0 atom stereocenters. The van der Waals surface area contributed by atoms with Crippen LogP contribution >= 0.6 is 0 Å². The molecule has 3 rings (SSSR count). The molecule has 2 aromatic rings. The molecule has 0 radical (unpaired) electrons. The zero-order chi connectivity index (χ0) is 18.7. The molecule has 0 saturated heterocycles. The Morgan fingerprint density at radius 3 is 2.85 bits per heavy atom. The Morgan fingerprint density at radius 1 is 1.35 bits per heavy atom. The Kier molecular flexibility index (Phi) is 4.85. The molecule has 5 heteroatoms. The number of nitrogens with one attached hydrogen (secondary N) is 1. The van der Waals surface area contributed by atoms with Crippen LogP contribution in [0.4, 0.5) is 5.69 Å². The summed E-state index contributed by atoms with van der Waals surface area (Å²) in [5.41, 5.74) is 4.61. The predicted octanol–water partition coefficient (Wildman–Crippen LogP) is 2.87. The summed E-state index contributed by atoms with van der Waals surface area (Å²) in [6.45, 7) is 6.41. The smallest absolute Gasteiger partial charge is 0.251 e. The van der Waals surface area contributed by atoms with E-state index in [-0.39, 0.29) is 11.8 Å². The van der Waals surface area contributed by atoms with Gasteiger partial charge >= 0.3 is 0 Å². The number of nitriles is 1. The Hall–Kier alpha value is -3.39. The van der Waals surface area contributed by atoms with Gasteiger partial charge in [0.1, 0.15) is 0 Å². The highest BCUT2D eigenvalue weighted by Gasteiger charge is 2.20. The van der Waals surface area contributed by atoms with E-state index in [0.717, 1.165) is 23.1 Å². The molecule has 0 bridgehead atoms. The molecule has 0 aliphatic carbocycles. The Morgan fingerprint density at radius 2 is 2.15 bits per heavy atom. The molecule has 1 aliphatic rings. The topological polar surface area (TPSA) is 73.2 Å². The fraction of sp³-hybridized carbons (Fsp3) is 0.190. The quantitative estimate of drug-likeness (QED) is 0.866. The van der Waals surface area contributed by atoms with Crippen molar-refractivity contribution in [2.45, 2.75) is 19.9 Å². The number of benzene rings is 2. The van der Waals surface area contributed by atoms with E-state index in [4.69, 9.17) is 5.26 Å². The number of carbonyl (C=O) groups is 2. The van der Waals surface area contributed by atoms with Crippen molar-refractivity contribution in [1.29, 1.82) is 5.26 Å². The normalized spacial score (nSPS) is 12.5. The van der Waals surface area contributed by atoms with Gasteiger partial charge in [-0.25, -0.2) is 0 Å². The minimum absolute atomic E-state index is 0.117. The second-order valence-corrected chi connectivity index (χ2v) is 6.24. The Labute approximate surface area is 152 Å². The van der Waals surface area contributed by atoms with Gasteiger partial charge in [-0.3, -0.25) is 9.59 Å². The molecule has 5 nitrogen and oxygen atoms in total. The summed E-state index contributed by atoms with van der Waals surface area (Å²) >= 11 is 0. The van der Waals surface area contributed by atoms with Crippen molar-refractivity contribution in [2.75, 3.05) is 11.4 Å². The summed E-state index contributed by atoms with van der Waals surface area (Å²) in [7, 11) is 0. The monoisotopic (exact) mass is 345 g/mol. The van der Waals surface area contributed by atoms with Gasteiger partial charge in [-0.05, 0) is 54.3 Å². The minimum atomic E-state index is -0.247. The molecule has 0 unspecified atom stereocenters. The third-order valence-corrected chi connectivity index (χ3v) is 4.52. The number of carbonyl (C=O) groups excluding carboxylic acids is 2. The molecule has 0 spiro atoms. The Balaban J connectivity index is 1.97. The maximum atomic E-state index is 12.4. The first-order valence-corrected chi connectivity index (χ1v) is 8.38. The van der Waals surface area contributed by atoms with Crippen LogP contribution in [0, 0.1) is 18.3 Å². The summed E-state index contributed by atoms with van der Waals surface area (Å²) in [5, 5.41) is 11.9. The molecular formula is C21H19N3O2. The van der Waals surface area contributed by atoms with Crippen molar-refractivity contribution < 1.29 is 9.59 Å². The summed E-state index contributed by atoms with van der Waals surface area (Å²) in [6.07, 6.45) is 2.04. The number of hydrogen-bond donors (Lipinski definition) is 1. The van der Waals surface area contributed by atoms with Gasteiger partial charge in [-0.2, -0.15) is 5.26 Å². The molecule has 1 N–H and O–H groups in total. The second-order valence-electron chi connectivity index (χ2n) is 6.24. The molecule has 130 valence electrons. The molecule has 0 aromatic heterocycles. The van der Waals surface area contributed by atoms with Crippen LogP contribution < -0.4 is 10.2 Å². The first-order chi connectivity index (χ1) is 12.5. The zero-order valence-electron chi connectivity index (χ0n) is 14.6. The lowest BCUT2D eigenvalue weighted by Crippen LogP contribution is -2.33. The first kappa shape index (κ1) is 17.4. The van der Waals surface area contributed by atoms with Gasteiger partial charge in [0.25, 0.3) is 11.8 Å². The molecule has 2 aromatic carbocycles. The van der Waals surface area contributed by atoms with Crippen molar-refractivity contribution in [3.8, 4) is 6.07 Å². The maximum absolute atomic E-state index is 12.4. The van der Waals surface area contributed by atoms with Crippen molar-refractivity contribution in [2.24, 2.45) is 0 Å². The van der Waals surface area contributed by atoms with Crippen LogP contribution in [0.1, 0.15) is 32.6 Å². The van der Waals surface area contributed by atoms with E-state index in [9.17, 15) is 9.59 Å². The van der Waals surface area contributed by atoms with Gasteiger partial charge in [-0.1, -0.05) is 24.8 Å². The van der Waals surface area contributed by atoms with Crippen LogP contribution in [0.5, 0.6) is 0 Å². The predicted molar refractivity (Wildman–Crippen MR) is 99.8 cm³/mol. The average Bonchev–Trinajstić information content (AvgIpc) is 2.66. The van der Waals surface area contributed by atoms with Crippen LogP contribution in [-0.4, -0.2) is 18.4 Å². The summed E-state index contributed by atoms with van der Waals surface area (Å²) in [4.78, 5) is 26.1. The number of aryl methyl sites for hydroxylation is 1. The highest BCUT2D eigenvalue weighted by Crippen LogP contribution is 2.24. The van der Waals surface area contributed by atoms with Crippen molar-refractivity contribution in [1.82, 2.24) is 5.32 Å². The Bertz CT molecular complexity index is 941. The standard InChI is InChI=1S/C21H19N3O2/c1-3-20(25)24(13-15-4-5-17(12-22)14(2)10-15)18-7-6-16-8-9-23-21(26)19(16)11-18/h3-7,10-11H,1,8-9,13H2,2H3,(H,23,26). The van der Waals surface area contributed by atoms with E-state index in [0.29, 0.717) is 29.9 Å². The van der Waals surface area contributed by atoms with Crippen LogP contribution in [0.15, 0.2) is 49.1 Å². The van der Waals surface area contributed by atoms with Gasteiger partial charge in [0.05, 0.1) is 18.2 Å². The van der Waals surface area contributed by atoms with Crippen molar-refractivity contribution in [3.63, 3.8) is 0 Å². The van der Waals surface area contributed by atoms with E-state index in [1.807, 2.05) is 31.2 Å². The van der Waals surface area contributed by atoms with Crippen molar-refractivity contribution >= 4 is 17.5 Å². The van der Waals surface area contributed by atoms with Gasteiger partial charge in [-0.15, -0.1) is 0 Å². The molecule has 26 heavy (non-hydrogen) atoms. The number of rotatable bonds is 4. The average molecular weight is 345 g/mol. The summed E-state index contributed by atoms with van der Waals surface area (Å²) < 4.78 is 0. The number of anilines is 1. The zero-order valence-corrected chi connectivity index (χ0v) is 14.6. The van der Waals surface area contributed by atoms with E-state index in [1.54, 1.807) is 17.0 Å². The summed E-state index contributed by atoms with van der Waals surface area (Å²) in [6, 6.07) is 13.1. The highest BCUT2D eigenvalue weighted by molar-refractivity contribution is 6.03. The van der Waals surface area contributed by atoms with E-state index >= 15 is 0 Å². The third-order valence-electron chi connectivity index (χ3n) is 4.52. The summed E-state index contributed by atoms with van der Waals surface area (Å²) in [5.74, 6) is -0.364. The third kappa shape index (κ3) is 3.35. The van der Waals surface area contributed by atoms with Gasteiger partial charge in [0, 0.05) is 17.8 Å². The number of hydrogen-bond acceptors (Lipinski definition) is 3. The van der Waals surface area contributed by atoms with E-state index in [1.165, 1.54) is 6.08 Å². The molecule has 2 amide bonds. The van der Waals surface area contributed by atoms with Gasteiger partial charge in [0.2, 0.25) is 0 Å². The first-order valence-electron chi connectivity index (χ1n) is 8.38. The number of nitrogens with zero attached hydrogens (tertiary/aromatic N) is 2. The number of amides is 2. The molecular weight excluding hydrogens is 326 g/mol. The van der Waals surface area contributed by atoms with Crippen molar-refractivity contribution in [3.05, 3.63) is 76.9 Å². The fourth-order valence-corrected chi connectivity index (χ4v) is 3.11. The molecule has 1 aliphatic heterocycles. The molecule has 1 heterocycles. The lowest BCUT2D eigenvalue weighted by molar-refractivity contribution is -0.114. The largest absolute Gasteiger partial charge is 0.352 e. The van der Waals surface area contributed by atoms with Gasteiger partial charge < -0.3 is 10.2 Å². The van der Waals surface area contributed by atoms with Crippen LogP contribution in [0.2, 0.25) is 0 Å². The van der Waals surface area contributed by atoms with E-state index in [2.05, 4.69) is 18.0 Å². The van der Waals surface area contributed by atoms with Gasteiger partial charge in [0.15, 0.2) is 0 Å². The molecule has 0 fully saturated rings. The van der Waals surface area contributed by atoms with Crippen LogP contribution in [0.25, 0.3) is 0 Å². The minimum Gasteiger partial charge on any atom is -0.352 e.